The normalized spacial score (nSPS) is 14.5. The molecule has 0 unspecified atom stereocenters. The van der Waals surface area contributed by atoms with Crippen molar-refractivity contribution in [3.8, 4) is 0 Å². The van der Waals surface area contributed by atoms with Gasteiger partial charge in [-0.3, -0.25) is 4.79 Å². The lowest BCUT2D eigenvalue weighted by molar-refractivity contribution is -0.128. The SMILES string of the molecule is O=C(O)c1cnc(NCC(=O)N2CCCC2)c(Cl)c1. The van der Waals surface area contributed by atoms with Crippen LogP contribution in [0.1, 0.15) is 23.2 Å². The highest BCUT2D eigenvalue weighted by molar-refractivity contribution is 6.33. The van der Waals surface area contributed by atoms with Gasteiger partial charge in [0.05, 0.1) is 17.1 Å². The summed E-state index contributed by atoms with van der Waals surface area (Å²) in [6, 6.07) is 1.31. The third-order valence-electron chi connectivity index (χ3n) is 2.95. The van der Waals surface area contributed by atoms with E-state index in [-0.39, 0.29) is 23.0 Å². The largest absolute Gasteiger partial charge is 0.478 e. The molecule has 1 amide bonds. The molecule has 6 nitrogen and oxygen atoms in total. The zero-order valence-corrected chi connectivity index (χ0v) is 11.0. The number of carbonyl (C=O) groups excluding carboxylic acids is 1. The Morgan fingerprint density at radius 2 is 2.11 bits per heavy atom. The zero-order valence-electron chi connectivity index (χ0n) is 10.2. The van der Waals surface area contributed by atoms with E-state index in [2.05, 4.69) is 10.3 Å². The number of aromatic carboxylic acids is 1. The van der Waals surface area contributed by atoms with Crippen LogP contribution in [0.15, 0.2) is 12.3 Å². The molecule has 2 rings (SSSR count). The second kappa shape index (κ2) is 5.88. The second-order valence-corrected chi connectivity index (χ2v) is 4.71. The minimum atomic E-state index is -1.09. The fourth-order valence-corrected chi connectivity index (χ4v) is 2.16. The predicted molar refractivity (Wildman–Crippen MR) is 70.5 cm³/mol. The van der Waals surface area contributed by atoms with Crippen LogP contribution in [0.4, 0.5) is 5.82 Å². The Bertz CT molecular complexity index is 501. The van der Waals surface area contributed by atoms with E-state index in [4.69, 9.17) is 16.7 Å². The molecule has 1 fully saturated rings. The van der Waals surface area contributed by atoms with Gasteiger partial charge in [-0.05, 0) is 18.9 Å². The van der Waals surface area contributed by atoms with Crippen LogP contribution in [0.3, 0.4) is 0 Å². The first-order valence-corrected chi connectivity index (χ1v) is 6.36. The molecule has 1 aliphatic rings. The topological polar surface area (TPSA) is 82.5 Å². The molecule has 0 aliphatic carbocycles. The molecule has 1 saturated heterocycles. The number of pyridine rings is 1. The summed E-state index contributed by atoms with van der Waals surface area (Å²) in [6.45, 7) is 1.69. The average molecular weight is 284 g/mol. The van der Waals surface area contributed by atoms with Crippen LogP contribution in [0, 0.1) is 0 Å². The van der Waals surface area contributed by atoms with Gasteiger partial charge >= 0.3 is 5.97 Å². The van der Waals surface area contributed by atoms with Crippen molar-refractivity contribution >= 4 is 29.3 Å². The Labute approximate surface area is 115 Å². The number of halogens is 1. The maximum absolute atomic E-state index is 11.8. The summed E-state index contributed by atoms with van der Waals surface area (Å²) in [5.41, 5.74) is 0.0152. The van der Waals surface area contributed by atoms with Gasteiger partial charge in [-0.2, -0.15) is 0 Å². The number of likely N-dealkylation sites (tertiary alicyclic amines) is 1. The Morgan fingerprint density at radius 1 is 1.42 bits per heavy atom. The zero-order chi connectivity index (χ0) is 13.8. The first kappa shape index (κ1) is 13.6. The van der Waals surface area contributed by atoms with E-state index in [1.807, 2.05) is 0 Å². The molecule has 0 aromatic carbocycles. The van der Waals surface area contributed by atoms with Crippen molar-refractivity contribution in [3.63, 3.8) is 0 Å². The minimum absolute atomic E-state index is 0.00215. The van der Waals surface area contributed by atoms with Crippen molar-refractivity contribution in [3.05, 3.63) is 22.8 Å². The lowest BCUT2D eigenvalue weighted by Gasteiger charge is -2.16. The van der Waals surface area contributed by atoms with Crippen molar-refractivity contribution in [1.82, 2.24) is 9.88 Å². The molecule has 0 bridgehead atoms. The number of hydrogen-bond donors (Lipinski definition) is 2. The molecule has 1 aromatic rings. The maximum atomic E-state index is 11.8. The average Bonchev–Trinajstić information content (AvgIpc) is 2.90. The van der Waals surface area contributed by atoms with Gasteiger partial charge in [0, 0.05) is 19.3 Å². The molecule has 0 spiro atoms. The van der Waals surface area contributed by atoms with Crippen molar-refractivity contribution in [2.45, 2.75) is 12.8 Å². The monoisotopic (exact) mass is 283 g/mol. The van der Waals surface area contributed by atoms with Crippen molar-refractivity contribution in [2.75, 3.05) is 25.0 Å². The number of rotatable bonds is 4. The number of carboxylic acids is 1. The van der Waals surface area contributed by atoms with Crippen molar-refractivity contribution < 1.29 is 14.7 Å². The second-order valence-electron chi connectivity index (χ2n) is 4.30. The van der Waals surface area contributed by atoms with Gasteiger partial charge in [0.15, 0.2) is 0 Å². The molecule has 7 heteroatoms. The number of amides is 1. The van der Waals surface area contributed by atoms with E-state index >= 15 is 0 Å². The molecule has 102 valence electrons. The van der Waals surface area contributed by atoms with Crippen LogP contribution in [0.25, 0.3) is 0 Å². The van der Waals surface area contributed by atoms with E-state index in [0.717, 1.165) is 25.9 Å². The Balaban J connectivity index is 1.95. The molecule has 1 aromatic heterocycles. The highest BCUT2D eigenvalue weighted by Crippen LogP contribution is 2.20. The maximum Gasteiger partial charge on any atom is 0.337 e. The Kier molecular flexibility index (Phi) is 4.21. The molecule has 0 radical (unpaired) electrons. The number of carboxylic acid groups (broad SMARTS) is 1. The Morgan fingerprint density at radius 3 is 2.68 bits per heavy atom. The van der Waals surface area contributed by atoms with Crippen LogP contribution in [-0.4, -0.2) is 46.5 Å². The quantitative estimate of drug-likeness (QED) is 0.874. The van der Waals surface area contributed by atoms with Crippen LogP contribution < -0.4 is 5.32 Å². The first-order chi connectivity index (χ1) is 9.08. The summed E-state index contributed by atoms with van der Waals surface area (Å²) in [4.78, 5) is 28.2. The third kappa shape index (κ3) is 3.35. The van der Waals surface area contributed by atoms with E-state index < -0.39 is 5.97 Å². The molecule has 2 heterocycles. The Hall–Kier alpha value is -1.82. The van der Waals surface area contributed by atoms with Crippen molar-refractivity contribution in [1.29, 1.82) is 0 Å². The number of carbonyl (C=O) groups is 2. The molecule has 1 aliphatic heterocycles. The molecular weight excluding hydrogens is 270 g/mol. The van der Waals surface area contributed by atoms with Crippen LogP contribution >= 0.6 is 11.6 Å². The van der Waals surface area contributed by atoms with E-state index in [9.17, 15) is 9.59 Å². The van der Waals surface area contributed by atoms with Gasteiger partial charge in [0.1, 0.15) is 5.82 Å². The van der Waals surface area contributed by atoms with Gasteiger partial charge in [0.2, 0.25) is 5.91 Å². The summed E-state index contributed by atoms with van der Waals surface area (Å²) >= 11 is 5.90. The van der Waals surface area contributed by atoms with Crippen LogP contribution in [0.5, 0.6) is 0 Å². The van der Waals surface area contributed by atoms with Crippen molar-refractivity contribution in [2.24, 2.45) is 0 Å². The summed E-state index contributed by atoms with van der Waals surface area (Å²) in [5, 5.41) is 11.8. The van der Waals surface area contributed by atoms with Gasteiger partial charge < -0.3 is 15.3 Å². The van der Waals surface area contributed by atoms with Crippen LogP contribution in [-0.2, 0) is 4.79 Å². The standard InChI is InChI=1S/C12H14ClN3O3/c13-9-5-8(12(18)19)6-14-11(9)15-7-10(17)16-3-1-2-4-16/h5-6H,1-4,7H2,(H,14,15)(H,18,19). The van der Waals surface area contributed by atoms with Gasteiger partial charge in [-0.15, -0.1) is 0 Å². The fourth-order valence-electron chi connectivity index (χ4n) is 1.92. The lowest BCUT2D eigenvalue weighted by atomic mass is 10.3. The van der Waals surface area contributed by atoms with Gasteiger partial charge in [-0.1, -0.05) is 11.6 Å². The summed E-state index contributed by atoms with van der Waals surface area (Å²) in [7, 11) is 0. The highest BCUT2D eigenvalue weighted by Gasteiger charge is 2.18. The lowest BCUT2D eigenvalue weighted by Crippen LogP contribution is -2.33. The number of hydrogen-bond acceptors (Lipinski definition) is 4. The molecule has 2 N–H and O–H groups in total. The predicted octanol–water partition coefficient (Wildman–Crippen LogP) is 1.47. The smallest absolute Gasteiger partial charge is 0.337 e. The first-order valence-electron chi connectivity index (χ1n) is 5.98. The van der Waals surface area contributed by atoms with E-state index in [1.165, 1.54) is 12.3 Å². The van der Waals surface area contributed by atoms with Gasteiger partial charge in [-0.25, -0.2) is 9.78 Å². The summed E-state index contributed by atoms with van der Waals surface area (Å²) < 4.78 is 0. The van der Waals surface area contributed by atoms with E-state index in [0.29, 0.717) is 5.82 Å². The van der Waals surface area contributed by atoms with Gasteiger partial charge in [0.25, 0.3) is 0 Å². The molecule has 19 heavy (non-hydrogen) atoms. The summed E-state index contributed by atoms with van der Waals surface area (Å²) in [6.07, 6.45) is 3.28. The third-order valence-corrected chi connectivity index (χ3v) is 3.24. The highest BCUT2D eigenvalue weighted by atomic mass is 35.5. The number of aromatic nitrogens is 1. The molecule has 0 atom stereocenters. The molecule has 0 saturated carbocycles. The number of anilines is 1. The number of nitrogens with zero attached hydrogens (tertiary/aromatic N) is 2. The molecular formula is C12H14ClN3O3. The number of nitrogens with one attached hydrogen (secondary N) is 1. The van der Waals surface area contributed by atoms with E-state index in [1.54, 1.807) is 4.90 Å². The van der Waals surface area contributed by atoms with Crippen LogP contribution in [0.2, 0.25) is 5.02 Å². The summed E-state index contributed by atoms with van der Waals surface area (Å²) in [5.74, 6) is -0.772. The minimum Gasteiger partial charge on any atom is -0.478 e. The fraction of sp³-hybridized carbons (Fsp3) is 0.417.